The van der Waals surface area contributed by atoms with Crippen molar-refractivity contribution in [2.24, 2.45) is 23.1 Å². The maximum atomic E-state index is 12.9. The molecule has 0 aliphatic rings. The van der Waals surface area contributed by atoms with E-state index in [0.717, 1.165) is 0 Å². The minimum atomic E-state index is -1.45. The number of hydrogen-bond acceptors (Lipinski definition) is 8. The minimum absolute atomic E-state index is 0.0478. The van der Waals surface area contributed by atoms with Crippen LogP contribution in [0.15, 0.2) is 0 Å². The number of nitrogens with two attached hydrogens (primary N) is 3. The monoisotopic (exact) mass is 490 g/mol. The molecule has 0 aromatic heterocycles. The van der Waals surface area contributed by atoms with Gasteiger partial charge in [0.15, 0.2) is 0 Å². The van der Waals surface area contributed by atoms with Gasteiger partial charge in [-0.05, 0) is 18.8 Å². The molecule has 5 atom stereocenters. The molecule has 0 aliphatic heterocycles. The fourth-order valence-corrected chi connectivity index (χ4v) is 2.84. The molecule has 188 valence electrons. The van der Waals surface area contributed by atoms with Gasteiger partial charge in [0.25, 0.3) is 0 Å². The highest BCUT2D eigenvalue weighted by Crippen LogP contribution is 2.10. The minimum Gasteiger partial charge on any atom is -0.480 e. The van der Waals surface area contributed by atoms with Gasteiger partial charge in [0.05, 0.1) is 6.04 Å². The average molecular weight is 491 g/mol. The fourth-order valence-electron chi connectivity index (χ4n) is 2.68. The summed E-state index contributed by atoms with van der Waals surface area (Å²) in [6.45, 7) is 3.50. The molecule has 0 aromatic rings. The van der Waals surface area contributed by atoms with Crippen LogP contribution in [0.1, 0.15) is 46.0 Å². The van der Waals surface area contributed by atoms with Crippen molar-refractivity contribution < 1.29 is 33.9 Å². The Morgan fingerprint density at radius 3 is 1.76 bits per heavy atom. The first-order valence-corrected chi connectivity index (χ1v) is 11.0. The predicted molar refractivity (Wildman–Crippen MR) is 122 cm³/mol. The van der Waals surface area contributed by atoms with Crippen LogP contribution in [0.5, 0.6) is 0 Å². The third kappa shape index (κ3) is 11.5. The van der Waals surface area contributed by atoms with Gasteiger partial charge in [-0.1, -0.05) is 20.3 Å². The number of carbonyl (C=O) groups excluding carboxylic acids is 5. The summed E-state index contributed by atoms with van der Waals surface area (Å²) < 4.78 is 0. The summed E-state index contributed by atoms with van der Waals surface area (Å²) in [5.74, 6) is -5.43. The number of nitrogens with one attached hydrogen (secondary N) is 3. The van der Waals surface area contributed by atoms with E-state index in [1.807, 2.05) is 0 Å². The molecule has 0 fully saturated rings. The average Bonchev–Trinajstić information content (AvgIpc) is 2.75. The normalized spacial score (nSPS) is 15.3. The molecule has 14 heteroatoms. The van der Waals surface area contributed by atoms with E-state index < -0.39 is 59.7 Å². The topological polar surface area (TPSA) is 237 Å². The smallest absolute Gasteiger partial charge is 0.326 e. The van der Waals surface area contributed by atoms with Gasteiger partial charge >= 0.3 is 5.97 Å². The summed E-state index contributed by atoms with van der Waals surface area (Å²) in [4.78, 5) is 71.4. The molecule has 0 bridgehead atoms. The Kier molecular flexibility index (Phi) is 13.7. The Morgan fingerprint density at radius 2 is 1.33 bits per heavy atom. The lowest BCUT2D eigenvalue weighted by Crippen LogP contribution is -2.58. The van der Waals surface area contributed by atoms with Gasteiger partial charge in [-0.2, -0.15) is 12.6 Å². The number of hydrogen-bond donors (Lipinski definition) is 8. The molecule has 0 radical (unpaired) electrons. The van der Waals surface area contributed by atoms with Crippen LogP contribution in [-0.2, 0) is 28.8 Å². The van der Waals surface area contributed by atoms with Crippen molar-refractivity contribution in [1.29, 1.82) is 0 Å². The number of carboxylic acid groups (broad SMARTS) is 1. The summed E-state index contributed by atoms with van der Waals surface area (Å²) in [7, 11) is 0. The number of amides is 5. The van der Waals surface area contributed by atoms with Crippen LogP contribution in [0.3, 0.4) is 0 Å². The van der Waals surface area contributed by atoms with E-state index in [-0.39, 0.29) is 37.4 Å². The Hall–Kier alpha value is -2.87. The summed E-state index contributed by atoms with van der Waals surface area (Å²) >= 11 is 3.95. The molecule has 10 N–H and O–H groups in total. The first kappa shape index (κ1) is 30.1. The summed E-state index contributed by atoms with van der Waals surface area (Å²) in [6, 6.07) is -4.79. The second kappa shape index (κ2) is 15.1. The number of carboxylic acids is 1. The number of primary amides is 2. The van der Waals surface area contributed by atoms with Crippen LogP contribution in [0.25, 0.3) is 0 Å². The molecule has 5 amide bonds. The van der Waals surface area contributed by atoms with Gasteiger partial charge in [-0.25, -0.2) is 4.79 Å². The number of rotatable bonds is 16. The maximum Gasteiger partial charge on any atom is 0.326 e. The van der Waals surface area contributed by atoms with Crippen LogP contribution in [0, 0.1) is 5.92 Å². The quantitative estimate of drug-likeness (QED) is 0.106. The Labute approximate surface area is 197 Å². The zero-order valence-corrected chi connectivity index (χ0v) is 19.6. The van der Waals surface area contributed by atoms with E-state index >= 15 is 0 Å². The maximum absolute atomic E-state index is 12.9. The van der Waals surface area contributed by atoms with Crippen LogP contribution in [0.4, 0.5) is 0 Å². The van der Waals surface area contributed by atoms with Gasteiger partial charge in [0.1, 0.15) is 18.1 Å². The Morgan fingerprint density at radius 1 is 0.848 bits per heavy atom. The van der Waals surface area contributed by atoms with E-state index in [2.05, 4.69) is 28.6 Å². The summed E-state index contributed by atoms with van der Waals surface area (Å²) in [6.07, 6.45) is -0.543. The molecule has 0 spiro atoms. The predicted octanol–water partition coefficient (Wildman–Crippen LogP) is -2.64. The van der Waals surface area contributed by atoms with Crippen molar-refractivity contribution in [2.75, 3.05) is 5.75 Å². The molecular formula is C19H34N6O7S. The number of aliphatic carboxylic acids is 1. The SMILES string of the molecule is CCC(C)C(NC(=O)C(N)CS)C(=O)NC(CCC(N)=O)C(=O)NC(CCC(N)=O)C(=O)O. The van der Waals surface area contributed by atoms with Crippen molar-refractivity contribution >= 4 is 48.1 Å². The molecule has 0 saturated carbocycles. The lowest BCUT2D eigenvalue weighted by atomic mass is 9.97. The zero-order valence-electron chi connectivity index (χ0n) is 18.7. The first-order chi connectivity index (χ1) is 15.3. The zero-order chi connectivity index (χ0) is 25.7. The van der Waals surface area contributed by atoms with Crippen molar-refractivity contribution in [3.63, 3.8) is 0 Å². The Bertz CT molecular complexity index is 735. The van der Waals surface area contributed by atoms with Crippen molar-refractivity contribution in [1.82, 2.24) is 16.0 Å². The van der Waals surface area contributed by atoms with E-state index in [4.69, 9.17) is 17.2 Å². The number of thiol groups is 1. The molecule has 0 saturated heterocycles. The highest BCUT2D eigenvalue weighted by Gasteiger charge is 2.32. The lowest BCUT2D eigenvalue weighted by molar-refractivity contribution is -0.143. The van der Waals surface area contributed by atoms with Crippen LogP contribution >= 0.6 is 12.6 Å². The highest BCUT2D eigenvalue weighted by atomic mass is 32.1. The van der Waals surface area contributed by atoms with E-state index in [0.29, 0.717) is 6.42 Å². The standard InChI is InChI=1S/C19H34N6O7S/c1-3-9(2)15(25-16(28)10(20)8-33)18(30)23-11(4-6-13(21)26)17(29)24-12(19(31)32)5-7-14(22)27/h9-12,15,33H,3-8,20H2,1-2H3,(H2,21,26)(H2,22,27)(H,23,30)(H,24,29)(H,25,28)(H,31,32). The fraction of sp³-hybridized carbons (Fsp3) is 0.684. The first-order valence-electron chi connectivity index (χ1n) is 10.4. The third-order valence-electron chi connectivity index (χ3n) is 4.93. The van der Waals surface area contributed by atoms with Crippen molar-refractivity contribution in [3.05, 3.63) is 0 Å². The molecule has 0 rings (SSSR count). The molecule has 0 aromatic carbocycles. The van der Waals surface area contributed by atoms with Crippen LogP contribution < -0.4 is 33.2 Å². The van der Waals surface area contributed by atoms with Gasteiger partial charge in [0, 0.05) is 18.6 Å². The molecule has 0 heterocycles. The Balaban J connectivity index is 5.59. The van der Waals surface area contributed by atoms with Crippen molar-refractivity contribution in [2.45, 2.75) is 70.1 Å². The molecule has 13 nitrogen and oxygen atoms in total. The number of carbonyl (C=O) groups is 6. The third-order valence-corrected chi connectivity index (χ3v) is 5.33. The second-order valence-electron chi connectivity index (χ2n) is 7.63. The van der Waals surface area contributed by atoms with Gasteiger partial charge in [-0.3, -0.25) is 24.0 Å². The van der Waals surface area contributed by atoms with E-state index in [9.17, 15) is 33.9 Å². The summed E-state index contributed by atoms with van der Waals surface area (Å²) in [5, 5.41) is 16.5. The van der Waals surface area contributed by atoms with Crippen LogP contribution in [0.2, 0.25) is 0 Å². The van der Waals surface area contributed by atoms with E-state index in [1.54, 1.807) is 13.8 Å². The van der Waals surface area contributed by atoms with E-state index in [1.165, 1.54) is 0 Å². The lowest BCUT2D eigenvalue weighted by Gasteiger charge is -2.27. The molecule has 5 unspecified atom stereocenters. The summed E-state index contributed by atoms with van der Waals surface area (Å²) in [5.41, 5.74) is 15.8. The molecule has 33 heavy (non-hydrogen) atoms. The van der Waals surface area contributed by atoms with Gasteiger partial charge in [0.2, 0.25) is 29.5 Å². The van der Waals surface area contributed by atoms with Crippen molar-refractivity contribution in [3.8, 4) is 0 Å². The second-order valence-corrected chi connectivity index (χ2v) is 8.00. The highest BCUT2D eigenvalue weighted by molar-refractivity contribution is 7.80. The molecule has 0 aliphatic carbocycles. The largest absolute Gasteiger partial charge is 0.480 e. The van der Waals surface area contributed by atoms with Gasteiger partial charge < -0.3 is 38.3 Å². The van der Waals surface area contributed by atoms with Crippen LogP contribution in [-0.4, -0.2) is 70.5 Å². The van der Waals surface area contributed by atoms with Gasteiger partial charge in [-0.15, -0.1) is 0 Å². The molecular weight excluding hydrogens is 456 g/mol.